The summed E-state index contributed by atoms with van der Waals surface area (Å²) < 4.78 is 23.0. The second-order valence-electron chi connectivity index (χ2n) is 5.64. The summed E-state index contributed by atoms with van der Waals surface area (Å²) in [6.07, 6.45) is 5.63. The molecule has 0 unspecified atom stereocenters. The summed E-state index contributed by atoms with van der Waals surface area (Å²) in [5.41, 5.74) is 0.408. The minimum absolute atomic E-state index is 0.182. The molecule has 1 aromatic carbocycles. The molecule has 1 N–H and O–H groups in total. The quantitative estimate of drug-likeness (QED) is 0.931. The predicted molar refractivity (Wildman–Crippen MR) is 78.4 cm³/mol. The standard InChI is InChI=1S/C15H21NO3S/c1-11-6-3-4-9-14(11)16-15(17)12-7-5-8-13(10-12)20(2,18)19/h5,7-8,10-11,14H,3-4,6,9H2,1-2H3,(H,16,17)/t11-,14+/m0/s1. The summed E-state index contributed by atoms with van der Waals surface area (Å²) in [6.45, 7) is 2.15. The van der Waals surface area contributed by atoms with E-state index < -0.39 is 9.84 Å². The summed E-state index contributed by atoms with van der Waals surface area (Å²) in [4.78, 5) is 12.4. The summed E-state index contributed by atoms with van der Waals surface area (Å²) in [5.74, 6) is 0.292. The van der Waals surface area contributed by atoms with Crippen LogP contribution in [-0.4, -0.2) is 26.6 Å². The molecule has 0 spiro atoms. The molecule has 1 aliphatic carbocycles. The van der Waals surface area contributed by atoms with Gasteiger partial charge in [0.15, 0.2) is 9.84 Å². The maximum Gasteiger partial charge on any atom is 0.251 e. The van der Waals surface area contributed by atoms with E-state index in [1.807, 2.05) is 0 Å². The molecule has 20 heavy (non-hydrogen) atoms. The van der Waals surface area contributed by atoms with E-state index in [9.17, 15) is 13.2 Å². The monoisotopic (exact) mass is 295 g/mol. The molecule has 0 heterocycles. The highest BCUT2D eigenvalue weighted by Crippen LogP contribution is 2.24. The molecule has 1 amide bonds. The van der Waals surface area contributed by atoms with Crippen LogP contribution in [-0.2, 0) is 9.84 Å². The summed E-state index contributed by atoms with van der Waals surface area (Å²) >= 11 is 0. The highest BCUT2D eigenvalue weighted by molar-refractivity contribution is 7.90. The van der Waals surface area contributed by atoms with Crippen molar-refractivity contribution in [2.75, 3.05) is 6.26 Å². The normalized spacial score (nSPS) is 23.3. The average Bonchev–Trinajstić information content (AvgIpc) is 2.40. The number of benzene rings is 1. The van der Waals surface area contributed by atoms with Crippen molar-refractivity contribution >= 4 is 15.7 Å². The number of rotatable bonds is 3. The van der Waals surface area contributed by atoms with Crippen LogP contribution in [0.3, 0.4) is 0 Å². The highest BCUT2D eigenvalue weighted by atomic mass is 32.2. The SMILES string of the molecule is C[C@H]1CCCC[C@H]1NC(=O)c1cccc(S(C)(=O)=O)c1. The summed E-state index contributed by atoms with van der Waals surface area (Å²) in [6, 6.07) is 6.40. The van der Waals surface area contributed by atoms with Crippen LogP contribution in [0, 0.1) is 5.92 Å². The fourth-order valence-electron chi connectivity index (χ4n) is 2.65. The molecule has 4 nitrogen and oxygen atoms in total. The lowest BCUT2D eigenvalue weighted by molar-refractivity contribution is 0.0910. The first-order valence-corrected chi connectivity index (χ1v) is 8.88. The van der Waals surface area contributed by atoms with Gasteiger partial charge in [0.2, 0.25) is 0 Å². The zero-order chi connectivity index (χ0) is 14.8. The Balaban J connectivity index is 2.13. The van der Waals surface area contributed by atoms with Crippen molar-refractivity contribution < 1.29 is 13.2 Å². The maximum atomic E-state index is 12.2. The second kappa shape index (κ2) is 5.95. The van der Waals surface area contributed by atoms with Gasteiger partial charge in [0.25, 0.3) is 5.91 Å². The molecule has 0 saturated heterocycles. The van der Waals surface area contributed by atoms with Gasteiger partial charge in [-0.05, 0) is 37.0 Å². The Bertz CT molecular complexity index is 595. The Labute approximate surface area is 120 Å². The highest BCUT2D eigenvalue weighted by Gasteiger charge is 2.23. The van der Waals surface area contributed by atoms with E-state index in [-0.39, 0.29) is 16.8 Å². The Morgan fingerprint density at radius 3 is 2.60 bits per heavy atom. The molecule has 1 fully saturated rings. The minimum atomic E-state index is -3.28. The van der Waals surface area contributed by atoms with Crippen molar-refractivity contribution in [1.29, 1.82) is 0 Å². The molecule has 2 atom stereocenters. The zero-order valence-electron chi connectivity index (χ0n) is 11.9. The minimum Gasteiger partial charge on any atom is -0.349 e. The number of hydrogen-bond donors (Lipinski definition) is 1. The molecular weight excluding hydrogens is 274 g/mol. The largest absolute Gasteiger partial charge is 0.349 e. The van der Waals surface area contributed by atoms with Gasteiger partial charge in [0, 0.05) is 17.9 Å². The van der Waals surface area contributed by atoms with Crippen LogP contribution >= 0.6 is 0 Å². The molecule has 0 bridgehead atoms. The van der Waals surface area contributed by atoms with E-state index in [2.05, 4.69) is 12.2 Å². The van der Waals surface area contributed by atoms with Gasteiger partial charge in [-0.3, -0.25) is 4.79 Å². The van der Waals surface area contributed by atoms with Crippen LogP contribution in [0.15, 0.2) is 29.2 Å². The van der Waals surface area contributed by atoms with Gasteiger partial charge in [0.1, 0.15) is 0 Å². The third-order valence-corrected chi connectivity index (χ3v) is 5.06. The van der Waals surface area contributed by atoms with Crippen LogP contribution in [0.2, 0.25) is 0 Å². The first-order chi connectivity index (χ1) is 9.38. The molecule has 1 aliphatic rings. The Hall–Kier alpha value is -1.36. The first-order valence-electron chi connectivity index (χ1n) is 6.99. The second-order valence-corrected chi connectivity index (χ2v) is 7.66. The summed E-state index contributed by atoms with van der Waals surface area (Å²) in [5, 5.41) is 3.03. The average molecular weight is 295 g/mol. The third-order valence-electron chi connectivity index (χ3n) is 3.95. The molecule has 0 aromatic heterocycles. The van der Waals surface area contributed by atoms with Crippen LogP contribution in [0.25, 0.3) is 0 Å². The molecular formula is C15H21NO3S. The van der Waals surface area contributed by atoms with Crippen LogP contribution in [0.4, 0.5) is 0 Å². The van der Waals surface area contributed by atoms with Gasteiger partial charge in [-0.1, -0.05) is 25.8 Å². The fraction of sp³-hybridized carbons (Fsp3) is 0.533. The van der Waals surface area contributed by atoms with E-state index >= 15 is 0 Å². The van der Waals surface area contributed by atoms with Crippen LogP contribution in [0.1, 0.15) is 43.0 Å². The van der Waals surface area contributed by atoms with Crippen molar-refractivity contribution in [2.45, 2.75) is 43.5 Å². The Morgan fingerprint density at radius 2 is 1.95 bits per heavy atom. The number of sulfone groups is 1. The van der Waals surface area contributed by atoms with Gasteiger partial charge < -0.3 is 5.32 Å². The van der Waals surface area contributed by atoms with Gasteiger partial charge in [-0.2, -0.15) is 0 Å². The zero-order valence-corrected chi connectivity index (χ0v) is 12.7. The third kappa shape index (κ3) is 3.60. The van der Waals surface area contributed by atoms with Crippen molar-refractivity contribution in [3.05, 3.63) is 29.8 Å². The first kappa shape index (κ1) is 15.0. The number of carbonyl (C=O) groups excluding carboxylic acids is 1. The van der Waals surface area contributed by atoms with E-state index in [0.717, 1.165) is 25.5 Å². The molecule has 1 saturated carbocycles. The molecule has 1 aromatic rings. The lowest BCUT2D eigenvalue weighted by atomic mass is 9.86. The number of amides is 1. The van der Waals surface area contributed by atoms with Gasteiger partial charge in [0.05, 0.1) is 4.90 Å². The molecule has 0 radical (unpaired) electrons. The summed E-state index contributed by atoms with van der Waals surface area (Å²) in [7, 11) is -3.28. The van der Waals surface area contributed by atoms with Gasteiger partial charge >= 0.3 is 0 Å². The Kier molecular flexibility index (Phi) is 4.48. The molecule has 2 rings (SSSR count). The van der Waals surface area contributed by atoms with E-state index in [1.54, 1.807) is 12.1 Å². The van der Waals surface area contributed by atoms with E-state index in [4.69, 9.17) is 0 Å². The van der Waals surface area contributed by atoms with E-state index in [1.165, 1.54) is 18.6 Å². The van der Waals surface area contributed by atoms with Crippen LogP contribution in [0.5, 0.6) is 0 Å². The van der Waals surface area contributed by atoms with Crippen molar-refractivity contribution in [1.82, 2.24) is 5.32 Å². The number of nitrogens with one attached hydrogen (secondary N) is 1. The van der Waals surface area contributed by atoms with E-state index in [0.29, 0.717) is 11.5 Å². The van der Waals surface area contributed by atoms with Gasteiger partial charge in [-0.25, -0.2) is 8.42 Å². The molecule has 5 heteroatoms. The van der Waals surface area contributed by atoms with Gasteiger partial charge in [-0.15, -0.1) is 0 Å². The fourth-order valence-corrected chi connectivity index (χ4v) is 3.32. The lowest BCUT2D eigenvalue weighted by Gasteiger charge is -2.29. The smallest absolute Gasteiger partial charge is 0.251 e. The number of carbonyl (C=O) groups is 1. The van der Waals surface area contributed by atoms with Crippen LogP contribution < -0.4 is 5.32 Å². The van der Waals surface area contributed by atoms with Crippen molar-refractivity contribution in [3.8, 4) is 0 Å². The Morgan fingerprint density at radius 1 is 1.25 bits per heavy atom. The predicted octanol–water partition coefficient (Wildman–Crippen LogP) is 2.40. The van der Waals surface area contributed by atoms with Crippen molar-refractivity contribution in [3.63, 3.8) is 0 Å². The topological polar surface area (TPSA) is 63.2 Å². The van der Waals surface area contributed by atoms with Crippen molar-refractivity contribution in [2.24, 2.45) is 5.92 Å². The molecule has 0 aliphatic heterocycles. The number of hydrogen-bond acceptors (Lipinski definition) is 3. The maximum absolute atomic E-state index is 12.2. The molecule has 110 valence electrons. The lowest BCUT2D eigenvalue weighted by Crippen LogP contribution is -2.41.